The Morgan fingerprint density at radius 3 is 2.69 bits per heavy atom. The number of halogens is 1. The Labute approximate surface area is 208 Å². The minimum atomic E-state index is -0.340. The molecule has 0 atom stereocenters. The van der Waals surface area contributed by atoms with E-state index in [1.54, 1.807) is 12.4 Å². The normalized spacial score (nSPS) is 16.2. The quantitative estimate of drug-likeness (QED) is 0.442. The van der Waals surface area contributed by atoms with Gasteiger partial charge in [-0.05, 0) is 43.2 Å². The maximum absolute atomic E-state index is 13.6. The van der Waals surface area contributed by atoms with E-state index in [9.17, 15) is 9.18 Å². The van der Waals surface area contributed by atoms with Crippen molar-refractivity contribution in [1.29, 1.82) is 0 Å². The molecule has 0 radical (unpaired) electrons. The maximum atomic E-state index is 13.6. The third-order valence-electron chi connectivity index (χ3n) is 7.25. The molecule has 6 rings (SSSR count). The largest absolute Gasteiger partial charge is 0.379 e. The molecule has 3 aromatic heterocycles. The molecule has 2 aliphatic rings. The predicted molar refractivity (Wildman–Crippen MR) is 135 cm³/mol. The maximum Gasteiger partial charge on any atom is 0.254 e. The van der Waals surface area contributed by atoms with Crippen LogP contribution in [0.2, 0.25) is 0 Å². The number of hydrogen-bond acceptors (Lipinski definition) is 6. The van der Waals surface area contributed by atoms with Crippen molar-refractivity contribution in [2.75, 3.05) is 31.6 Å². The molecular weight excluding hydrogens is 459 g/mol. The molecule has 2 aliphatic heterocycles. The van der Waals surface area contributed by atoms with Crippen LogP contribution in [0.4, 0.5) is 15.9 Å². The summed E-state index contributed by atoms with van der Waals surface area (Å²) in [6, 6.07) is 10.7. The molecule has 0 unspecified atom stereocenters. The van der Waals surface area contributed by atoms with Gasteiger partial charge in [-0.3, -0.25) is 14.1 Å². The van der Waals surface area contributed by atoms with Gasteiger partial charge in [-0.25, -0.2) is 14.4 Å². The highest BCUT2D eigenvalue weighted by atomic mass is 19.1. The minimum Gasteiger partial charge on any atom is -0.379 e. The average molecular weight is 487 g/mol. The van der Waals surface area contributed by atoms with Crippen LogP contribution in [-0.4, -0.2) is 51.5 Å². The van der Waals surface area contributed by atoms with Crippen molar-refractivity contribution in [2.45, 2.75) is 25.9 Å². The molecule has 184 valence electrons. The van der Waals surface area contributed by atoms with Crippen LogP contribution in [0.3, 0.4) is 0 Å². The van der Waals surface area contributed by atoms with Gasteiger partial charge in [0.1, 0.15) is 17.3 Å². The summed E-state index contributed by atoms with van der Waals surface area (Å²) in [7, 11) is 0. The fraction of sp³-hybridized carbons (Fsp3) is 0.296. The lowest BCUT2D eigenvalue weighted by Gasteiger charge is -2.41. The molecule has 2 N–H and O–H groups in total. The van der Waals surface area contributed by atoms with E-state index in [0.717, 1.165) is 48.7 Å². The van der Waals surface area contributed by atoms with Crippen molar-refractivity contribution in [2.24, 2.45) is 0 Å². The summed E-state index contributed by atoms with van der Waals surface area (Å²) in [4.78, 5) is 24.2. The summed E-state index contributed by atoms with van der Waals surface area (Å²) in [5.41, 5.74) is 5.32. The molecule has 9 heteroatoms. The molecule has 0 aliphatic carbocycles. The molecule has 0 spiro atoms. The average Bonchev–Trinajstić information content (AvgIpc) is 3.49. The first-order valence-corrected chi connectivity index (χ1v) is 12.1. The van der Waals surface area contributed by atoms with Gasteiger partial charge in [-0.2, -0.15) is 0 Å². The molecule has 36 heavy (non-hydrogen) atoms. The zero-order valence-corrected chi connectivity index (χ0v) is 20.2. The van der Waals surface area contributed by atoms with Crippen molar-refractivity contribution < 1.29 is 13.9 Å². The van der Waals surface area contributed by atoms with E-state index < -0.39 is 0 Å². The molecule has 1 aromatic carbocycles. The summed E-state index contributed by atoms with van der Waals surface area (Å²) in [5.74, 6) is 0.184. The number of rotatable bonds is 5. The van der Waals surface area contributed by atoms with Crippen LogP contribution in [0.25, 0.3) is 16.9 Å². The zero-order valence-electron chi connectivity index (χ0n) is 20.2. The number of pyridine rings is 2. The van der Waals surface area contributed by atoms with E-state index in [4.69, 9.17) is 4.74 Å². The Morgan fingerprint density at radius 2 is 1.92 bits per heavy atom. The summed E-state index contributed by atoms with van der Waals surface area (Å²) in [5, 5.41) is 6.26. The summed E-state index contributed by atoms with van der Waals surface area (Å²) < 4.78 is 21.0. The van der Waals surface area contributed by atoms with E-state index >= 15 is 0 Å². The highest BCUT2D eigenvalue weighted by Crippen LogP contribution is 2.36. The predicted octanol–water partition coefficient (Wildman–Crippen LogP) is 4.09. The number of fused-ring (bicyclic) bond motifs is 2. The number of carbonyl (C=O) groups is 1. The number of nitrogens with one attached hydrogen (secondary N) is 2. The Hall–Kier alpha value is -3.82. The van der Waals surface area contributed by atoms with Crippen LogP contribution < -0.4 is 10.6 Å². The van der Waals surface area contributed by atoms with Gasteiger partial charge in [-0.1, -0.05) is 12.1 Å². The fourth-order valence-electron chi connectivity index (χ4n) is 5.12. The van der Waals surface area contributed by atoms with Gasteiger partial charge in [0.2, 0.25) is 0 Å². The first-order valence-electron chi connectivity index (χ1n) is 12.1. The molecule has 1 fully saturated rings. The second-order valence-corrected chi connectivity index (χ2v) is 9.63. The molecular formula is C27H27FN6O2. The number of benzene rings is 1. The lowest BCUT2D eigenvalue weighted by atomic mass is 9.93. The second kappa shape index (κ2) is 8.69. The Morgan fingerprint density at radius 1 is 1.08 bits per heavy atom. The van der Waals surface area contributed by atoms with E-state index in [2.05, 4.69) is 45.4 Å². The number of hydrogen-bond donors (Lipinski definition) is 2. The van der Waals surface area contributed by atoms with Gasteiger partial charge < -0.3 is 15.4 Å². The highest BCUT2D eigenvalue weighted by molar-refractivity contribution is 6.06. The number of amides is 1. The van der Waals surface area contributed by atoms with Gasteiger partial charge in [-0.15, -0.1) is 0 Å². The highest BCUT2D eigenvalue weighted by Gasteiger charge is 2.31. The minimum absolute atomic E-state index is 0.140. The number of anilines is 2. The number of morpholine rings is 1. The summed E-state index contributed by atoms with van der Waals surface area (Å²) in [6.45, 7) is 8.08. The standard InChI is InChI=1S/C27H27FN6O2/c1-27(2,33-9-11-36-12-10-33)17-3-6-23(29-14-17)32-21-5-4-19(20-15-31-26(35)25(20)21)22-16-30-24-13-18(28)7-8-34(22)24/h3-8,13-14,16H,9-12,15H2,1-2H3,(H,29,32)(H,31,35). The van der Waals surface area contributed by atoms with Crippen LogP contribution in [-0.2, 0) is 16.8 Å². The molecule has 4 aromatic rings. The van der Waals surface area contributed by atoms with Crippen LogP contribution >= 0.6 is 0 Å². The van der Waals surface area contributed by atoms with Crippen LogP contribution in [0, 0.1) is 5.82 Å². The van der Waals surface area contributed by atoms with Crippen molar-refractivity contribution >= 4 is 23.1 Å². The van der Waals surface area contributed by atoms with E-state index in [1.807, 2.05) is 28.8 Å². The van der Waals surface area contributed by atoms with Gasteiger partial charge in [0.05, 0.1) is 36.4 Å². The Kier molecular flexibility index (Phi) is 5.46. The topological polar surface area (TPSA) is 83.8 Å². The first kappa shape index (κ1) is 22.6. The molecule has 1 saturated heterocycles. The van der Waals surface area contributed by atoms with Crippen LogP contribution in [0.15, 0.2) is 55.0 Å². The van der Waals surface area contributed by atoms with E-state index in [0.29, 0.717) is 29.3 Å². The summed E-state index contributed by atoms with van der Waals surface area (Å²) in [6.07, 6.45) is 5.25. The zero-order chi connectivity index (χ0) is 24.9. The third-order valence-corrected chi connectivity index (χ3v) is 7.25. The number of nitrogens with zero attached hydrogens (tertiary/aromatic N) is 4. The first-order chi connectivity index (χ1) is 17.4. The van der Waals surface area contributed by atoms with Crippen LogP contribution in [0.1, 0.15) is 35.3 Å². The van der Waals surface area contributed by atoms with Crippen molar-refractivity contribution in [3.05, 3.63) is 77.5 Å². The molecule has 1 amide bonds. The van der Waals surface area contributed by atoms with E-state index in [1.165, 1.54) is 12.1 Å². The molecule has 8 nitrogen and oxygen atoms in total. The number of ether oxygens (including phenoxy) is 1. The van der Waals surface area contributed by atoms with Gasteiger partial charge in [0.15, 0.2) is 0 Å². The Balaban J connectivity index is 1.31. The van der Waals surface area contributed by atoms with Gasteiger partial charge in [0.25, 0.3) is 5.91 Å². The monoisotopic (exact) mass is 486 g/mol. The van der Waals surface area contributed by atoms with Crippen molar-refractivity contribution in [3.63, 3.8) is 0 Å². The second-order valence-electron chi connectivity index (χ2n) is 9.63. The number of carbonyl (C=O) groups excluding carboxylic acids is 1. The Bertz CT molecular complexity index is 1460. The lowest BCUT2D eigenvalue weighted by molar-refractivity contribution is -0.0119. The molecule has 5 heterocycles. The van der Waals surface area contributed by atoms with Crippen molar-refractivity contribution in [3.8, 4) is 11.3 Å². The van der Waals surface area contributed by atoms with Gasteiger partial charge in [0, 0.05) is 49.2 Å². The molecule has 0 saturated carbocycles. The smallest absolute Gasteiger partial charge is 0.254 e. The molecule has 0 bridgehead atoms. The number of imidazole rings is 1. The fourth-order valence-corrected chi connectivity index (χ4v) is 5.12. The summed E-state index contributed by atoms with van der Waals surface area (Å²) >= 11 is 0. The number of aromatic nitrogens is 3. The third kappa shape index (κ3) is 3.81. The van der Waals surface area contributed by atoms with Gasteiger partial charge >= 0.3 is 0 Å². The van der Waals surface area contributed by atoms with E-state index in [-0.39, 0.29) is 17.3 Å². The van der Waals surface area contributed by atoms with Crippen molar-refractivity contribution in [1.82, 2.24) is 24.6 Å². The SMILES string of the molecule is CC(C)(c1ccc(Nc2ccc(-c3cnc4cc(F)ccn34)c3c2C(=O)NC3)nc1)N1CCOCC1. The van der Waals surface area contributed by atoms with Crippen LogP contribution in [0.5, 0.6) is 0 Å². The lowest BCUT2D eigenvalue weighted by Crippen LogP contribution is -2.47.